The summed E-state index contributed by atoms with van der Waals surface area (Å²) in [6.45, 7) is 6.47. The van der Waals surface area contributed by atoms with E-state index in [4.69, 9.17) is 32.2 Å². The zero-order chi connectivity index (χ0) is 13.1. The third-order valence-electron chi connectivity index (χ3n) is 2.14. The lowest BCUT2D eigenvalue weighted by atomic mass is 10.5. The van der Waals surface area contributed by atoms with Gasteiger partial charge in [-0.25, -0.2) is 0 Å². The van der Waals surface area contributed by atoms with E-state index in [-0.39, 0.29) is 0 Å². The van der Waals surface area contributed by atoms with Gasteiger partial charge < -0.3 is 13.9 Å². The van der Waals surface area contributed by atoms with Crippen molar-refractivity contribution in [3.63, 3.8) is 0 Å². The van der Waals surface area contributed by atoms with E-state index in [1.807, 2.05) is 0 Å². The molecule has 0 aromatic rings. The van der Waals surface area contributed by atoms with Crippen molar-refractivity contribution in [2.45, 2.75) is 13.8 Å². The fraction of sp³-hybridized carbons (Fsp3) is 1.00. The minimum atomic E-state index is -2.95. The van der Waals surface area contributed by atoms with Gasteiger partial charge in [0.15, 0.2) is 0 Å². The van der Waals surface area contributed by atoms with Crippen LogP contribution in [0.5, 0.6) is 0 Å². The van der Waals surface area contributed by atoms with Crippen molar-refractivity contribution in [1.82, 2.24) is 4.90 Å². The smallest absolute Gasteiger partial charge is 0.309 e. The first-order chi connectivity index (χ1) is 8.11. The van der Waals surface area contributed by atoms with Crippen LogP contribution in [0, 0.1) is 0 Å². The molecule has 0 aromatic carbocycles. The third-order valence-corrected chi connectivity index (χ3v) is 4.53. The number of hydrogen-bond acceptors (Lipinski definition) is 4. The number of hydrogen-bond donors (Lipinski definition) is 0. The number of halogens is 2. The van der Waals surface area contributed by atoms with E-state index in [2.05, 4.69) is 4.90 Å². The van der Waals surface area contributed by atoms with Gasteiger partial charge in [-0.15, -0.1) is 23.2 Å². The van der Waals surface area contributed by atoms with Crippen LogP contribution in [0.25, 0.3) is 0 Å². The van der Waals surface area contributed by atoms with Gasteiger partial charge in [0.2, 0.25) is 0 Å². The Hall–Kier alpha value is 0.690. The molecule has 104 valence electrons. The van der Waals surface area contributed by atoms with Crippen molar-refractivity contribution < 1.29 is 13.6 Å². The number of alkyl halides is 2. The van der Waals surface area contributed by atoms with Gasteiger partial charge in [0.1, 0.15) is 0 Å². The van der Waals surface area contributed by atoms with Crippen LogP contribution in [0.4, 0.5) is 0 Å². The van der Waals surface area contributed by atoms with Crippen LogP contribution >= 0.6 is 30.8 Å². The molecule has 0 aromatic heterocycles. The van der Waals surface area contributed by atoms with Crippen LogP contribution < -0.4 is 0 Å². The summed E-state index contributed by atoms with van der Waals surface area (Å²) in [4.78, 5) is 2.06. The number of nitrogens with zero attached hydrogens (tertiary/aromatic N) is 1. The van der Waals surface area contributed by atoms with Crippen LogP contribution in [0.3, 0.4) is 0 Å². The fourth-order valence-electron chi connectivity index (χ4n) is 1.40. The first-order valence-corrected chi connectivity index (χ1v) is 8.64. The normalized spacial score (nSPS) is 12.3. The quantitative estimate of drug-likeness (QED) is 0.434. The summed E-state index contributed by atoms with van der Waals surface area (Å²) in [7, 11) is -2.95. The van der Waals surface area contributed by atoms with Crippen LogP contribution in [0.1, 0.15) is 13.8 Å². The lowest BCUT2D eigenvalue weighted by Crippen LogP contribution is -2.31. The molecule has 0 aliphatic carbocycles. The molecule has 0 bridgehead atoms. The highest BCUT2D eigenvalue weighted by molar-refractivity contribution is 7.53. The molecule has 0 fully saturated rings. The molecule has 17 heavy (non-hydrogen) atoms. The Bertz CT molecular complexity index is 216. The molecule has 0 aliphatic rings. The Kier molecular flexibility index (Phi) is 11.0. The molecule has 0 unspecified atom stereocenters. The highest BCUT2D eigenvalue weighted by Gasteiger charge is 2.24. The van der Waals surface area contributed by atoms with Gasteiger partial charge in [0.05, 0.1) is 19.4 Å². The van der Waals surface area contributed by atoms with Gasteiger partial charge in [0, 0.05) is 31.4 Å². The van der Waals surface area contributed by atoms with Gasteiger partial charge in [-0.3, -0.25) is 4.57 Å². The molecule has 7 heteroatoms. The molecular weight excluding hydrogens is 284 g/mol. The zero-order valence-corrected chi connectivity index (χ0v) is 12.9. The van der Waals surface area contributed by atoms with Gasteiger partial charge in [0.25, 0.3) is 0 Å². The second-order valence-electron chi connectivity index (χ2n) is 3.39. The number of rotatable bonds is 11. The maximum atomic E-state index is 12.2. The predicted molar refractivity (Wildman–Crippen MR) is 73.6 cm³/mol. The molecule has 0 saturated carbocycles. The summed E-state index contributed by atoms with van der Waals surface area (Å²) in [5, 5.41) is 0. The van der Waals surface area contributed by atoms with E-state index in [0.29, 0.717) is 37.7 Å². The molecule has 0 N–H and O–H groups in total. The average molecular weight is 306 g/mol. The van der Waals surface area contributed by atoms with Crippen molar-refractivity contribution in [2.24, 2.45) is 0 Å². The molecule has 0 heterocycles. The molecular formula is C10H22Cl2NO3P. The minimum absolute atomic E-state index is 0.377. The summed E-state index contributed by atoms with van der Waals surface area (Å²) in [6, 6.07) is 0. The molecule has 0 spiro atoms. The minimum Gasteiger partial charge on any atom is -0.309 e. The van der Waals surface area contributed by atoms with Crippen LogP contribution in [0.15, 0.2) is 0 Å². The monoisotopic (exact) mass is 305 g/mol. The van der Waals surface area contributed by atoms with Crippen molar-refractivity contribution >= 4 is 30.8 Å². The van der Waals surface area contributed by atoms with Gasteiger partial charge >= 0.3 is 7.60 Å². The molecule has 0 radical (unpaired) electrons. The standard InChI is InChI=1S/C10H22Cl2NO3P/c1-3-15-17(14,16-4-2)10-9-13(7-5-11)8-6-12/h3-10H2,1-2H3. The SMILES string of the molecule is CCOP(=O)(CCN(CCCl)CCCl)OCC. The van der Waals surface area contributed by atoms with Crippen molar-refractivity contribution in [3.8, 4) is 0 Å². The molecule has 0 aliphatic heterocycles. The average Bonchev–Trinajstić information content (AvgIpc) is 2.27. The van der Waals surface area contributed by atoms with Gasteiger partial charge in [-0.2, -0.15) is 0 Å². The van der Waals surface area contributed by atoms with Gasteiger partial charge in [-0.1, -0.05) is 0 Å². The Morgan fingerprint density at radius 3 is 1.82 bits per heavy atom. The summed E-state index contributed by atoms with van der Waals surface area (Å²) >= 11 is 11.4. The first kappa shape index (κ1) is 17.7. The van der Waals surface area contributed by atoms with Crippen molar-refractivity contribution in [3.05, 3.63) is 0 Å². The molecule has 0 atom stereocenters. The third kappa shape index (κ3) is 8.41. The van der Waals surface area contributed by atoms with Gasteiger partial charge in [-0.05, 0) is 13.8 Å². The van der Waals surface area contributed by atoms with E-state index in [0.717, 1.165) is 13.1 Å². The highest BCUT2D eigenvalue weighted by Crippen LogP contribution is 2.47. The summed E-state index contributed by atoms with van der Waals surface area (Å²) in [6.07, 6.45) is 0.377. The molecule has 0 rings (SSSR count). The van der Waals surface area contributed by atoms with E-state index in [1.54, 1.807) is 13.8 Å². The Labute approximate surface area is 114 Å². The van der Waals surface area contributed by atoms with Crippen molar-refractivity contribution in [1.29, 1.82) is 0 Å². The van der Waals surface area contributed by atoms with Crippen molar-refractivity contribution in [2.75, 3.05) is 50.8 Å². The molecule has 4 nitrogen and oxygen atoms in total. The lowest BCUT2D eigenvalue weighted by Gasteiger charge is -2.23. The summed E-state index contributed by atoms with van der Waals surface area (Å²) in [5.74, 6) is 1.06. The fourth-order valence-corrected chi connectivity index (χ4v) is 3.52. The van der Waals surface area contributed by atoms with Crippen LogP contribution in [-0.4, -0.2) is 55.7 Å². The topological polar surface area (TPSA) is 38.8 Å². The predicted octanol–water partition coefficient (Wildman–Crippen LogP) is 3.03. The Balaban J connectivity index is 4.20. The van der Waals surface area contributed by atoms with E-state index in [9.17, 15) is 4.57 Å². The highest BCUT2D eigenvalue weighted by atomic mass is 35.5. The Morgan fingerprint density at radius 2 is 1.47 bits per heavy atom. The maximum Gasteiger partial charge on any atom is 0.331 e. The molecule has 0 saturated heterocycles. The van der Waals surface area contributed by atoms with Crippen LogP contribution in [0.2, 0.25) is 0 Å². The summed E-state index contributed by atoms with van der Waals surface area (Å²) < 4.78 is 22.6. The maximum absolute atomic E-state index is 12.2. The second-order valence-corrected chi connectivity index (χ2v) is 6.33. The van der Waals surface area contributed by atoms with E-state index >= 15 is 0 Å². The first-order valence-electron chi connectivity index (χ1n) is 5.84. The van der Waals surface area contributed by atoms with E-state index < -0.39 is 7.60 Å². The largest absolute Gasteiger partial charge is 0.331 e. The van der Waals surface area contributed by atoms with Crippen LogP contribution in [-0.2, 0) is 13.6 Å². The lowest BCUT2D eigenvalue weighted by molar-refractivity contribution is 0.214. The van der Waals surface area contributed by atoms with E-state index in [1.165, 1.54) is 0 Å². The molecule has 0 amide bonds. The Morgan fingerprint density at radius 1 is 1.00 bits per heavy atom. The second kappa shape index (κ2) is 10.6. The zero-order valence-electron chi connectivity index (χ0n) is 10.5. The summed E-state index contributed by atoms with van der Waals surface area (Å²) in [5.41, 5.74) is 0.